The summed E-state index contributed by atoms with van der Waals surface area (Å²) in [5.41, 5.74) is 0.159. The molecule has 0 spiro atoms. The van der Waals surface area contributed by atoms with E-state index in [1.54, 1.807) is 19.2 Å². The summed E-state index contributed by atoms with van der Waals surface area (Å²) in [4.78, 5) is 29.4. The van der Waals surface area contributed by atoms with Gasteiger partial charge in [0, 0.05) is 37.4 Å². The summed E-state index contributed by atoms with van der Waals surface area (Å²) < 4.78 is 36.0. The first-order valence-corrected chi connectivity index (χ1v) is 8.55. The molecule has 3 rings (SSSR count). The van der Waals surface area contributed by atoms with Crippen LogP contribution in [0, 0.1) is 0 Å². The van der Waals surface area contributed by atoms with E-state index in [2.05, 4.69) is 10.3 Å². The number of aromatic nitrogens is 1. The summed E-state index contributed by atoms with van der Waals surface area (Å²) in [5.74, 6) is 0.469. The van der Waals surface area contributed by atoms with Gasteiger partial charge in [0.1, 0.15) is 17.5 Å². The van der Waals surface area contributed by atoms with Crippen molar-refractivity contribution in [3.05, 3.63) is 42.1 Å². The molecule has 1 saturated heterocycles. The number of amides is 2. The molecular formula is C19H19F2N3O4. The van der Waals surface area contributed by atoms with Gasteiger partial charge in [-0.25, -0.2) is 13.8 Å². The van der Waals surface area contributed by atoms with Gasteiger partial charge >= 0.3 is 0 Å². The number of carbonyl (C=O) groups excluding carboxylic acids is 2. The average molecular weight is 391 g/mol. The number of likely N-dealkylation sites (tertiary alicyclic amines) is 1. The van der Waals surface area contributed by atoms with E-state index in [9.17, 15) is 18.4 Å². The predicted octanol–water partition coefficient (Wildman–Crippen LogP) is 3.38. The number of rotatable bonds is 6. The van der Waals surface area contributed by atoms with Crippen LogP contribution in [0.15, 0.2) is 36.5 Å². The van der Waals surface area contributed by atoms with Crippen LogP contribution >= 0.6 is 0 Å². The van der Waals surface area contributed by atoms with Crippen LogP contribution in [0.5, 0.6) is 17.4 Å². The molecule has 7 nitrogen and oxygen atoms in total. The highest BCUT2D eigenvalue weighted by Crippen LogP contribution is 2.32. The van der Waals surface area contributed by atoms with Crippen molar-refractivity contribution >= 4 is 17.5 Å². The second-order valence-electron chi connectivity index (χ2n) is 6.24. The third kappa shape index (κ3) is 4.19. The lowest BCUT2D eigenvalue weighted by Gasteiger charge is -2.20. The average Bonchev–Trinajstić information content (AvgIpc) is 3.01. The van der Waals surface area contributed by atoms with Crippen LogP contribution in [0.1, 0.15) is 24.8 Å². The number of benzene rings is 1. The minimum Gasteiger partial charge on any atom is -0.495 e. The third-order valence-corrected chi connectivity index (χ3v) is 4.46. The van der Waals surface area contributed by atoms with Crippen LogP contribution in [0.2, 0.25) is 0 Å². The third-order valence-electron chi connectivity index (χ3n) is 4.46. The molecule has 2 aromatic rings. The molecule has 0 radical (unpaired) electrons. The fraction of sp³-hybridized carbons (Fsp3) is 0.316. The van der Waals surface area contributed by atoms with Crippen LogP contribution in [0.25, 0.3) is 0 Å². The largest absolute Gasteiger partial charge is 0.495 e. The minimum atomic E-state index is -2.61. The van der Waals surface area contributed by atoms with Crippen molar-refractivity contribution in [3.63, 3.8) is 0 Å². The number of carbonyl (C=O) groups is 2. The SMILES string of the molecule is COc1ccc(Oc2ccc(C(F)F)cn2)cc1NC(=O)C1CCC(=O)N1C. The number of nitrogens with zero attached hydrogens (tertiary/aromatic N) is 2. The number of anilines is 1. The molecule has 1 N–H and O–H groups in total. The van der Waals surface area contributed by atoms with E-state index in [1.165, 1.54) is 30.2 Å². The van der Waals surface area contributed by atoms with E-state index in [1.807, 2.05) is 0 Å². The number of pyridine rings is 1. The molecular weight excluding hydrogens is 372 g/mol. The fourth-order valence-electron chi connectivity index (χ4n) is 2.88. The lowest BCUT2D eigenvalue weighted by Crippen LogP contribution is -2.38. The molecule has 0 aliphatic carbocycles. The van der Waals surface area contributed by atoms with Crippen molar-refractivity contribution in [2.24, 2.45) is 0 Å². The van der Waals surface area contributed by atoms with E-state index >= 15 is 0 Å². The molecule has 0 bridgehead atoms. The molecule has 1 atom stereocenters. The Kier molecular flexibility index (Phi) is 5.72. The van der Waals surface area contributed by atoms with E-state index in [4.69, 9.17) is 9.47 Å². The summed E-state index contributed by atoms with van der Waals surface area (Å²) in [7, 11) is 3.05. The van der Waals surface area contributed by atoms with Gasteiger partial charge < -0.3 is 19.7 Å². The zero-order chi connectivity index (χ0) is 20.3. The molecule has 1 fully saturated rings. The first-order valence-electron chi connectivity index (χ1n) is 8.55. The topological polar surface area (TPSA) is 80.8 Å². The van der Waals surface area contributed by atoms with E-state index in [0.717, 1.165) is 6.20 Å². The van der Waals surface area contributed by atoms with Gasteiger partial charge in [0.2, 0.25) is 17.7 Å². The lowest BCUT2D eigenvalue weighted by atomic mass is 10.2. The van der Waals surface area contributed by atoms with Crippen molar-refractivity contribution < 1.29 is 27.8 Å². The van der Waals surface area contributed by atoms with E-state index in [-0.39, 0.29) is 23.3 Å². The Morgan fingerprint density at radius 2 is 2.11 bits per heavy atom. The molecule has 1 aliphatic rings. The van der Waals surface area contributed by atoms with Gasteiger partial charge in [-0.05, 0) is 24.6 Å². The fourth-order valence-corrected chi connectivity index (χ4v) is 2.88. The van der Waals surface area contributed by atoms with Crippen LogP contribution in [0.4, 0.5) is 14.5 Å². The summed E-state index contributed by atoms with van der Waals surface area (Å²) in [6.07, 6.45) is -0.793. The Morgan fingerprint density at radius 3 is 2.68 bits per heavy atom. The zero-order valence-electron chi connectivity index (χ0n) is 15.3. The summed E-state index contributed by atoms with van der Waals surface area (Å²) in [5, 5.41) is 2.75. The Morgan fingerprint density at radius 1 is 1.32 bits per heavy atom. The van der Waals surface area contributed by atoms with Gasteiger partial charge in [-0.3, -0.25) is 9.59 Å². The van der Waals surface area contributed by atoms with Crippen LogP contribution < -0.4 is 14.8 Å². The number of ether oxygens (including phenoxy) is 2. The van der Waals surface area contributed by atoms with Crippen molar-refractivity contribution in [2.45, 2.75) is 25.3 Å². The lowest BCUT2D eigenvalue weighted by molar-refractivity contribution is -0.131. The van der Waals surface area contributed by atoms with Gasteiger partial charge in [0.05, 0.1) is 12.8 Å². The molecule has 1 aromatic heterocycles. The van der Waals surface area contributed by atoms with Gasteiger partial charge in [-0.1, -0.05) is 0 Å². The Bertz CT molecular complexity index is 874. The highest BCUT2D eigenvalue weighted by molar-refractivity contribution is 5.99. The van der Waals surface area contributed by atoms with Crippen LogP contribution in [-0.4, -0.2) is 41.9 Å². The first-order chi connectivity index (χ1) is 13.4. The molecule has 2 amide bonds. The van der Waals surface area contributed by atoms with Crippen molar-refractivity contribution in [2.75, 3.05) is 19.5 Å². The zero-order valence-corrected chi connectivity index (χ0v) is 15.3. The second kappa shape index (κ2) is 8.20. The standard InChI is InChI=1S/C19H19F2N3O4/c1-24-14(5-8-17(24)25)19(26)23-13-9-12(4-6-15(13)27-2)28-16-7-3-11(10-22-16)18(20)21/h3-4,6-7,9-10,14,18H,5,8H2,1-2H3,(H,23,26). The number of alkyl halides is 2. The molecule has 148 valence electrons. The number of hydrogen-bond donors (Lipinski definition) is 1. The number of halogens is 2. The molecule has 1 unspecified atom stereocenters. The maximum Gasteiger partial charge on any atom is 0.265 e. The monoisotopic (exact) mass is 391 g/mol. The molecule has 1 aromatic carbocycles. The second-order valence-corrected chi connectivity index (χ2v) is 6.24. The Balaban J connectivity index is 1.76. The van der Waals surface area contributed by atoms with Crippen molar-refractivity contribution in [1.82, 2.24) is 9.88 Å². The maximum absolute atomic E-state index is 12.6. The summed E-state index contributed by atoms with van der Waals surface area (Å²) in [6.45, 7) is 0. The van der Waals surface area contributed by atoms with Crippen LogP contribution in [-0.2, 0) is 9.59 Å². The number of hydrogen-bond acceptors (Lipinski definition) is 5. The van der Waals surface area contributed by atoms with Gasteiger partial charge in [-0.15, -0.1) is 0 Å². The molecule has 0 saturated carbocycles. The summed E-state index contributed by atoms with van der Waals surface area (Å²) >= 11 is 0. The molecule has 2 heterocycles. The normalized spacial score (nSPS) is 16.4. The first kappa shape index (κ1) is 19.5. The van der Waals surface area contributed by atoms with Crippen molar-refractivity contribution in [3.8, 4) is 17.4 Å². The number of methoxy groups -OCH3 is 1. The van der Waals surface area contributed by atoms with Crippen molar-refractivity contribution in [1.29, 1.82) is 0 Å². The van der Waals surface area contributed by atoms with E-state index in [0.29, 0.717) is 30.0 Å². The van der Waals surface area contributed by atoms with Gasteiger partial charge in [0.15, 0.2) is 0 Å². The molecule has 9 heteroatoms. The molecule has 1 aliphatic heterocycles. The van der Waals surface area contributed by atoms with Gasteiger partial charge in [0.25, 0.3) is 6.43 Å². The Labute approximate surface area is 160 Å². The maximum atomic E-state index is 12.6. The predicted molar refractivity (Wildman–Crippen MR) is 96.7 cm³/mol. The highest BCUT2D eigenvalue weighted by Gasteiger charge is 2.33. The van der Waals surface area contributed by atoms with Crippen LogP contribution in [0.3, 0.4) is 0 Å². The number of likely N-dealkylation sites (N-methyl/N-ethyl adjacent to an activating group) is 1. The molecule has 28 heavy (non-hydrogen) atoms. The smallest absolute Gasteiger partial charge is 0.265 e. The highest BCUT2D eigenvalue weighted by atomic mass is 19.3. The Hall–Kier alpha value is -3.23. The quantitative estimate of drug-likeness (QED) is 0.817. The van der Waals surface area contributed by atoms with E-state index < -0.39 is 12.5 Å². The van der Waals surface area contributed by atoms with Gasteiger partial charge in [-0.2, -0.15) is 0 Å². The number of nitrogens with one attached hydrogen (secondary N) is 1. The summed E-state index contributed by atoms with van der Waals surface area (Å²) in [6, 6.07) is 6.75. The minimum absolute atomic E-state index is 0.0810.